The normalized spacial score (nSPS) is 15.8. The first kappa shape index (κ1) is 25.0. The molecular formula is C29H33NO4S. The molecule has 1 aliphatic heterocycles. The number of aliphatic carboxylic acids is 1. The molecule has 0 bridgehead atoms. The van der Waals surface area contributed by atoms with E-state index in [2.05, 4.69) is 64.1 Å². The van der Waals surface area contributed by atoms with Gasteiger partial charge in [-0.15, -0.1) is 0 Å². The quantitative estimate of drug-likeness (QED) is 0.403. The molecule has 1 aliphatic rings. The third kappa shape index (κ3) is 5.13. The SMILES string of the molecule is CCc1cc(-c2ccc(C)cc2)cc2c1N(S(=O)c1ccc(OCC(=O)O)c(C)c1)CC2C(C)C. The van der Waals surface area contributed by atoms with Gasteiger partial charge in [0.25, 0.3) is 0 Å². The number of anilines is 1. The van der Waals surface area contributed by atoms with Crippen molar-refractivity contribution in [2.24, 2.45) is 5.92 Å². The molecule has 3 aromatic carbocycles. The highest BCUT2D eigenvalue weighted by molar-refractivity contribution is 7.86. The summed E-state index contributed by atoms with van der Waals surface area (Å²) in [5, 5.41) is 8.89. The van der Waals surface area contributed by atoms with Gasteiger partial charge in [-0.3, -0.25) is 4.31 Å². The smallest absolute Gasteiger partial charge is 0.341 e. The summed E-state index contributed by atoms with van der Waals surface area (Å²) in [5.74, 6) is 0.153. The maximum Gasteiger partial charge on any atom is 0.341 e. The molecule has 0 amide bonds. The van der Waals surface area contributed by atoms with Crippen LogP contribution >= 0.6 is 0 Å². The fourth-order valence-electron chi connectivity index (χ4n) is 4.74. The third-order valence-electron chi connectivity index (χ3n) is 6.70. The van der Waals surface area contributed by atoms with Crippen molar-refractivity contribution in [3.05, 3.63) is 76.9 Å². The number of carbonyl (C=O) groups is 1. The highest BCUT2D eigenvalue weighted by Crippen LogP contribution is 2.46. The molecule has 35 heavy (non-hydrogen) atoms. The first-order chi connectivity index (χ1) is 16.7. The number of carboxylic acids is 1. The summed E-state index contributed by atoms with van der Waals surface area (Å²) in [6, 6.07) is 18.5. The minimum absolute atomic E-state index is 0.281. The standard InChI is InChI=1S/C29H33NO4S/c1-6-21-14-23(22-9-7-19(4)8-10-22)15-25-26(18(2)3)16-30(29(21)25)35(33)24-11-12-27(20(5)13-24)34-17-28(31)32/h7-15,18,26H,6,16-17H2,1-5H3,(H,31,32). The van der Waals surface area contributed by atoms with Crippen molar-refractivity contribution in [1.29, 1.82) is 0 Å². The van der Waals surface area contributed by atoms with E-state index in [1.165, 1.54) is 27.8 Å². The molecule has 1 N–H and O–H groups in total. The number of fused-ring (bicyclic) bond motifs is 1. The molecule has 0 aromatic heterocycles. The number of nitrogens with zero attached hydrogens (tertiary/aromatic N) is 1. The molecule has 2 atom stereocenters. The predicted molar refractivity (Wildman–Crippen MR) is 142 cm³/mol. The maximum absolute atomic E-state index is 13.9. The molecule has 0 aliphatic carbocycles. The highest BCUT2D eigenvalue weighted by Gasteiger charge is 2.36. The molecular weight excluding hydrogens is 458 g/mol. The van der Waals surface area contributed by atoms with E-state index in [1.54, 1.807) is 12.1 Å². The minimum atomic E-state index is -1.39. The molecule has 0 spiro atoms. The van der Waals surface area contributed by atoms with Crippen LogP contribution in [0.3, 0.4) is 0 Å². The van der Waals surface area contributed by atoms with Crippen molar-refractivity contribution in [2.45, 2.75) is 51.9 Å². The molecule has 2 unspecified atom stereocenters. The van der Waals surface area contributed by atoms with Crippen LogP contribution in [0.1, 0.15) is 48.9 Å². The number of hydrogen-bond donors (Lipinski definition) is 1. The zero-order chi connectivity index (χ0) is 25.3. The minimum Gasteiger partial charge on any atom is -0.482 e. The van der Waals surface area contributed by atoms with Gasteiger partial charge in [-0.25, -0.2) is 9.00 Å². The van der Waals surface area contributed by atoms with Crippen LogP contribution in [0.25, 0.3) is 11.1 Å². The Bertz CT molecular complexity index is 1270. The molecule has 3 aromatic rings. The average molecular weight is 492 g/mol. The fraction of sp³-hybridized carbons (Fsp3) is 0.345. The number of rotatable bonds is 8. The first-order valence-electron chi connectivity index (χ1n) is 12.1. The summed E-state index contributed by atoms with van der Waals surface area (Å²) in [6.45, 7) is 10.8. The monoisotopic (exact) mass is 491 g/mol. The van der Waals surface area contributed by atoms with Gasteiger partial charge in [0.15, 0.2) is 17.6 Å². The van der Waals surface area contributed by atoms with E-state index in [1.807, 2.05) is 17.3 Å². The molecule has 0 saturated carbocycles. The van der Waals surface area contributed by atoms with Crippen molar-refractivity contribution in [3.8, 4) is 16.9 Å². The van der Waals surface area contributed by atoms with Crippen molar-refractivity contribution in [2.75, 3.05) is 17.5 Å². The summed E-state index contributed by atoms with van der Waals surface area (Å²) < 4.78 is 21.3. The van der Waals surface area contributed by atoms with Crippen LogP contribution in [0, 0.1) is 19.8 Å². The van der Waals surface area contributed by atoms with Crippen LogP contribution < -0.4 is 9.04 Å². The van der Waals surface area contributed by atoms with Crippen molar-refractivity contribution >= 4 is 22.6 Å². The van der Waals surface area contributed by atoms with Gasteiger partial charge in [-0.05, 0) is 84.3 Å². The number of aryl methyl sites for hydroxylation is 3. The Morgan fingerprint density at radius 2 is 1.80 bits per heavy atom. The number of ether oxygens (including phenoxy) is 1. The lowest BCUT2D eigenvalue weighted by Gasteiger charge is -2.22. The van der Waals surface area contributed by atoms with Crippen molar-refractivity contribution < 1.29 is 18.8 Å². The average Bonchev–Trinajstić information content (AvgIpc) is 3.22. The van der Waals surface area contributed by atoms with Crippen LogP contribution in [0.5, 0.6) is 5.75 Å². The van der Waals surface area contributed by atoms with E-state index in [4.69, 9.17) is 9.84 Å². The van der Waals surface area contributed by atoms with Gasteiger partial charge in [0, 0.05) is 12.5 Å². The summed E-state index contributed by atoms with van der Waals surface area (Å²) in [6.07, 6.45) is 0.849. The van der Waals surface area contributed by atoms with Gasteiger partial charge >= 0.3 is 5.97 Å². The largest absolute Gasteiger partial charge is 0.482 e. The molecule has 0 fully saturated rings. The van der Waals surface area contributed by atoms with Crippen molar-refractivity contribution in [1.82, 2.24) is 0 Å². The van der Waals surface area contributed by atoms with E-state index in [0.29, 0.717) is 23.1 Å². The van der Waals surface area contributed by atoms with Crippen LogP contribution in [0.2, 0.25) is 0 Å². The van der Waals surface area contributed by atoms with E-state index in [9.17, 15) is 9.00 Å². The molecule has 4 rings (SSSR count). The van der Waals surface area contributed by atoms with Crippen LogP contribution in [-0.4, -0.2) is 28.4 Å². The van der Waals surface area contributed by atoms with Crippen LogP contribution in [-0.2, 0) is 22.2 Å². The Hall–Kier alpha value is -3.12. The summed E-state index contributed by atoms with van der Waals surface area (Å²) in [4.78, 5) is 11.5. The topological polar surface area (TPSA) is 66.8 Å². The third-order valence-corrected chi connectivity index (χ3v) is 8.09. The van der Waals surface area contributed by atoms with E-state index in [0.717, 1.165) is 17.7 Å². The second-order valence-electron chi connectivity index (χ2n) is 9.56. The van der Waals surface area contributed by atoms with Gasteiger partial charge in [0.2, 0.25) is 0 Å². The summed E-state index contributed by atoms with van der Waals surface area (Å²) >= 11 is 0. The Balaban J connectivity index is 1.73. The van der Waals surface area contributed by atoms with E-state index >= 15 is 0 Å². The van der Waals surface area contributed by atoms with E-state index < -0.39 is 23.6 Å². The molecule has 0 radical (unpaired) electrons. The Morgan fingerprint density at radius 1 is 1.09 bits per heavy atom. The summed E-state index contributed by atoms with van der Waals surface area (Å²) in [5.41, 5.74) is 7.96. The zero-order valence-electron chi connectivity index (χ0n) is 21.0. The van der Waals surface area contributed by atoms with E-state index in [-0.39, 0.29) is 5.92 Å². The number of benzene rings is 3. The van der Waals surface area contributed by atoms with Crippen LogP contribution in [0.15, 0.2) is 59.5 Å². The van der Waals surface area contributed by atoms with Crippen molar-refractivity contribution in [3.63, 3.8) is 0 Å². The van der Waals surface area contributed by atoms with Gasteiger partial charge in [-0.1, -0.05) is 50.6 Å². The van der Waals surface area contributed by atoms with Crippen LogP contribution in [0.4, 0.5) is 5.69 Å². The molecule has 184 valence electrons. The number of hydrogen-bond acceptors (Lipinski definition) is 3. The second-order valence-corrected chi connectivity index (χ2v) is 11.0. The Kier molecular flexibility index (Phi) is 7.31. The predicted octanol–water partition coefficient (Wildman–Crippen LogP) is 6.28. The Labute approximate surface area is 210 Å². The van der Waals surface area contributed by atoms with Gasteiger partial charge in [0.05, 0.1) is 10.6 Å². The lowest BCUT2D eigenvalue weighted by molar-refractivity contribution is -0.139. The lowest BCUT2D eigenvalue weighted by atomic mass is 9.87. The Morgan fingerprint density at radius 3 is 2.40 bits per heavy atom. The molecule has 1 heterocycles. The zero-order valence-corrected chi connectivity index (χ0v) is 21.8. The fourth-order valence-corrected chi connectivity index (χ4v) is 6.14. The van der Waals surface area contributed by atoms with Gasteiger partial charge < -0.3 is 9.84 Å². The first-order valence-corrected chi connectivity index (χ1v) is 13.2. The number of carboxylic acid groups (broad SMARTS) is 1. The lowest BCUT2D eigenvalue weighted by Crippen LogP contribution is -2.26. The molecule has 5 nitrogen and oxygen atoms in total. The maximum atomic E-state index is 13.9. The summed E-state index contributed by atoms with van der Waals surface area (Å²) in [7, 11) is -1.39. The highest BCUT2D eigenvalue weighted by atomic mass is 32.2. The molecule has 0 saturated heterocycles. The second kappa shape index (κ2) is 10.2. The van der Waals surface area contributed by atoms with Gasteiger partial charge in [0.1, 0.15) is 5.75 Å². The van der Waals surface area contributed by atoms with Gasteiger partial charge in [-0.2, -0.15) is 0 Å². The molecule has 6 heteroatoms.